The molecule has 0 aliphatic carbocycles. The first-order valence-electron chi connectivity index (χ1n) is 6.10. The molecular formula is C13H14Cl2N4O. The Balaban J connectivity index is 2.31. The molecule has 20 heavy (non-hydrogen) atoms. The third-order valence-corrected chi connectivity index (χ3v) is 3.44. The Kier molecular flexibility index (Phi) is 4.30. The van der Waals surface area contributed by atoms with Crippen molar-refractivity contribution in [2.45, 2.75) is 27.3 Å². The normalized spacial score (nSPS) is 10.7. The van der Waals surface area contributed by atoms with Gasteiger partial charge in [-0.1, -0.05) is 23.2 Å². The maximum atomic E-state index is 12.3. The van der Waals surface area contributed by atoms with Crippen LogP contribution in [-0.4, -0.2) is 20.7 Å². The molecule has 0 unspecified atom stereocenters. The van der Waals surface area contributed by atoms with Crippen LogP contribution in [0.5, 0.6) is 0 Å². The quantitative estimate of drug-likeness (QED) is 0.944. The average Bonchev–Trinajstić information content (AvgIpc) is 2.67. The minimum atomic E-state index is -0.281. The number of carbonyl (C=O) groups excluding carboxylic acids is 1. The summed E-state index contributed by atoms with van der Waals surface area (Å²) in [6.07, 6.45) is 1.43. The summed E-state index contributed by atoms with van der Waals surface area (Å²) in [4.78, 5) is 16.3. The minimum absolute atomic E-state index is 0.281. The number of pyridine rings is 1. The molecule has 1 amide bonds. The molecule has 0 bridgehead atoms. The molecule has 0 fully saturated rings. The van der Waals surface area contributed by atoms with Crippen LogP contribution in [0.1, 0.15) is 28.7 Å². The van der Waals surface area contributed by atoms with E-state index in [1.165, 1.54) is 12.3 Å². The van der Waals surface area contributed by atoms with E-state index in [-0.39, 0.29) is 11.7 Å². The summed E-state index contributed by atoms with van der Waals surface area (Å²) in [7, 11) is 0. The van der Waals surface area contributed by atoms with Gasteiger partial charge < -0.3 is 5.32 Å². The van der Waals surface area contributed by atoms with E-state index in [2.05, 4.69) is 15.4 Å². The lowest BCUT2D eigenvalue weighted by atomic mass is 10.2. The summed E-state index contributed by atoms with van der Waals surface area (Å²) in [5, 5.41) is 7.70. The van der Waals surface area contributed by atoms with Crippen LogP contribution in [-0.2, 0) is 6.54 Å². The van der Waals surface area contributed by atoms with Gasteiger partial charge in [0.25, 0.3) is 5.91 Å². The molecule has 0 spiro atoms. The van der Waals surface area contributed by atoms with Gasteiger partial charge in [0.05, 0.1) is 21.3 Å². The van der Waals surface area contributed by atoms with Crippen LogP contribution in [0.4, 0.5) is 5.82 Å². The van der Waals surface area contributed by atoms with E-state index in [1.54, 1.807) is 11.6 Å². The number of carbonyl (C=O) groups is 1. The molecule has 0 saturated carbocycles. The van der Waals surface area contributed by atoms with Gasteiger partial charge in [-0.05, 0) is 26.8 Å². The molecule has 0 saturated heterocycles. The van der Waals surface area contributed by atoms with Crippen LogP contribution in [0, 0.1) is 13.8 Å². The van der Waals surface area contributed by atoms with Gasteiger partial charge in [0.15, 0.2) is 5.82 Å². The lowest BCUT2D eigenvalue weighted by Crippen LogP contribution is -2.15. The number of anilines is 1. The summed E-state index contributed by atoms with van der Waals surface area (Å²) >= 11 is 11.8. The summed E-state index contributed by atoms with van der Waals surface area (Å²) in [5.41, 5.74) is 2.03. The maximum Gasteiger partial charge on any atom is 0.260 e. The third-order valence-electron chi connectivity index (χ3n) is 2.95. The van der Waals surface area contributed by atoms with E-state index in [0.717, 1.165) is 5.69 Å². The molecule has 0 atom stereocenters. The first-order chi connectivity index (χ1) is 9.43. The molecule has 106 valence electrons. The molecule has 2 aromatic heterocycles. The zero-order chi connectivity index (χ0) is 14.9. The Bertz CT molecular complexity index is 667. The second kappa shape index (κ2) is 5.81. The highest BCUT2D eigenvalue weighted by atomic mass is 35.5. The van der Waals surface area contributed by atoms with Crippen molar-refractivity contribution >= 4 is 34.9 Å². The summed E-state index contributed by atoms with van der Waals surface area (Å²) < 4.78 is 1.78. The van der Waals surface area contributed by atoms with Gasteiger partial charge in [0.1, 0.15) is 0 Å². The number of hydrogen-bond donors (Lipinski definition) is 1. The number of aryl methyl sites for hydroxylation is 2. The van der Waals surface area contributed by atoms with Crippen molar-refractivity contribution in [3.63, 3.8) is 0 Å². The van der Waals surface area contributed by atoms with Gasteiger partial charge >= 0.3 is 0 Å². The number of hydrogen-bond acceptors (Lipinski definition) is 3. The standard InChI is InChI=1S/C13H14Cl2N4O/c1-4-19-8(3)11(7(2)18-19)13(20)17-12-10(15)5-9(14)6-16-12/h5-6H,4H2,1-3H3,(H,16,17,20). The SMILES string of the molecule is CCn1nc(C)c(C(=O)Nc2ncc(Cl)cc2Cl)c1C. The lowest BCUT2D eigenvalue weighted by Gasteiger charge is -2.07. The van der Waals surface area contributed by atoms with E-state index < -0.39 is 0 Å². The molecule has 0 aromatic carbocycles. The fourth-order valence-electron chi connectivity index (χ4n) is 2.01. The summed E-state index contributed by atoms with van der Waals surface area (Å²) in [5.74, 6) is 0.000498. The molecule has 0 aliphatic heterocycles. The van der Waals surface area contributed by atoms with Gasteiger partial charge in [-0.2, -0.15) is 5.10 Å². The number of nitrogens with one attached hydrogen (secondary N) is 1. The fourth-order valence-corrected chi connectivity index (χ4v) is 2.44. The predicted octanol–water partition coefficient (Wildman–Crippen LogP) is 3.47. The molecular weight excluding hydrogens is 299 g/mol. The van der Waals surface area contributed by atoms with E-state index >= 15 is 0 Å². The van der Waals surface area contributed by atoms with Crippen LogP contribution in [0.25, 0.3) is 0 Å². The van der Waals surface area contributed by atoms with Crippen LogP contribution in [0.2, 0.25) is 10.0 Å². The van der Waals surface area contributed by atoms with Gasteiger partial charge in [-0.3, -0.25) is 9.48 Å². The van der Waals surface area contributed by atoms with Crippen molar-refractivity contribution in [3.8, 4) is 0 Å². The molecule has 0 radical (unpaired) electrons. The van der Waals surface area contributed by atoms with Gasteiger partial charge in [0, 0.05) is 18.4 Å². The van der Waals surface area contributed by atoms with Crippen LogP contribution in [0.15, 0.2) is 12.3 Å². The van der Waals surface area contributed by atoms with Crippen LogP contribution < -0.4 is 5.32 Å². The van der Waals surface area contributed by atoms with Crippen LogP contribution in [0.3, 0.4) is 0 Å². The summed E-state index contributed by atoms with van der Waals surface area (Å²) in [6, 6.07) is 1.53. The first-order valence-corrected chi connectivity index (χ1v) is 6.86. The van der Waals surface area contributed by atoms with Gasteiger partial charge in [0.2, 0.25) is 0 Å². The molecule has 1 N–H and O–H groups in total. The lowest BCUT2D eigenvalue weighted by molar-refractivity contribution is 0.102. The average molecular weight is 313 g/mol. The minimum Gasteiger partial charge on any atom is -0.305 e. The van der Waals surface area contributed by atoms with Crippen molar-refractivity contribution in [2.75, 3.05) is 5.32 Å². The Morgan fingerprint density at radius 1 is 1.40 bits per heavy atom. The van der Waals surface area contributed by atoms with E-state index in [1.807, 2.05) is 13.8 Å². The largest absolute Gasteiger partial charge is 0.305 e. The topological polar surface area (TPSA) is 59.8 Å². The van der Waals surface area contributed by atoms with Crippen molar-refractivity contribution in [3.05, 3.63) is 39.3 Å². The second-order valence-corrected chi connectivity index (χ2v) is 5.14. The molecule has 7 heteroatoms. The fraction of sp³-hybridized carbons (Fsp3) is 0.308. The number of halogens is 2. The Labute approximate surface area is 126 Å². The zero-order valence-electron chi connectivity index (χ0n) is 11.4. The Morgan fingerprint density at radius 3 is 2.65 bits per heavy atom. The van der Waals surface area contributed by atoms with E-state index in [0.29, 0.717) is 27.8 Å². The van der Waals surface area contributed by atoms with Crippen molar-refractivity contribution in [1.82, 2.24) is 14.8 Å². The van der Waals surface area contributed by atoms with Gasteiger partial charge in [-0.25, -0.2) is 4.98 Å². The highest BCUT2D eigenvalue weighted by Crippen LogP contribution is 2.24. The van der Waals surface area contributed by atoms with Crippen LogP contribution >= 0.6 is 23.2 Å². The van der Waals surface area contributed by atoms with Crippen molar-refractivity contribution in [2.24, 2.45) is 0 Å². The summed E-state index contributed by atoms with van der Waals surface area (Å²) in [6.45, 7) is 6.33. The number of amides is 1. The Morgan fingerprint density at radius 2 is 2.10 bits per heavy atom. The molecule has 2 rings (SSSR count). The second-order valence-electron chi connectivity index (χ2n) is 4.30. The molecule has 0 aliphatic rings. The predicted molar refractivity (Wildman–Crippen MR) is 79.6 cm³/mol. The molecule has 5 nitrogen and oxygen atoms in total. The van der Waals surface area contributed by atoms with Gasteiger partial charge in [-0.15, -0.1) is 0 Å². The number of rotatable bonds is 3. The van der Waals surface area contributed by atoms with E-state index in [9.17, 15) is 4.79 Å². The number of nitrogens with zero attached hydrogens (tertiary/aromatic N) is 3. The van der Waals surface area contributed by atoms with Crippen molar-refractivity contribution in [1.29, 1.82) is 0 Å². The van der Waals surface area contributed by atoms with Crippen molar-refractivity contribution < 1.29 is 4.79 Å². The molecule has 2 aromatic rings. The smallest absolute Gasteiger partial charge is 0.260 e. The first kappa shape index (κ1) is 14.8. The zero-order valence-corrected chi connectivity index (χ0v) is 12.9. The van der Waals surface area contributed by atoms with E-state index in [4.69, 9.17) is 23.2 Å². The number of aromatic nitrogens is 3. The maximum absolute atomic E-state index is 12.3. The Hall–Kier alpha value is -1.59. The monoisotopic (exact) mass is 312 g/mol. The molecule has 2 heterocycles. The highest BCUT2D eigenvalue weighted by molar-refractivity contribution is 6.36. The highest BCUT2D eigenvalue weighted by Gasteiger charge is 2.19. The third kappa shape index (κ3) is 2.78.